The minimum absolute atomic E-state index is 0.0757. The number of nitrogens with zero attached hydrogens (tertiary/aromatic N) is 1. The Hall–Kier alpha value is -1.83. The van der Waals surface area contributed by atoms with Crippen LogP contribution >= 0.6 is 30.8 Å². The summed E-state index contributed by atoms with van der Waals surface area (Å²) in [6, 6.07) is 8.69. The molecule has 0 aliphatic rings. The van der Waals surface area contributed by atoms with E-state index in [1.54, 1.807) is 19.9 Å². The molecule has 158 valence electrons. The van der Waals surface area contributed by atoms with Crippen LogP contribution in [0.4, 0.5) is 11.4 Å². The van der Waals surface area contributed by atoms with Crippen LogP contribution in [-0.2, 0) is 13.6 Å². The lowest BCUT2D eigenvalue weighted by molar-refractivity contribution is -0.384. The number of ether oxygens (including phenoxy) is 1. The summed E-state index contributed by atoms with van der Waals surface area (Å²) in [6.07, 6.45) is 0. The highest BCUT2D eigenvalue weighted by Crippen LogP contribution is 2.62. The largest absolute Gasteiger partial charge is 0.495 e. The normalized spacial score (nSPS) is 12.4. The molecule has 0 unspecified atom stereocenters. The number of hydrogen-bond acceptors (Lipinski definition) is 7. The fourth-order valence-corrected chi connectivity index (χ4v) is 5.23. The maximum Gasteiger partial charge on any atom is 0.357 e. The summed E-state index contributed by atoms with van der Waals surface area (Å²) in [6.45, 7) is 3.65. The summed E-state index contributed by atoms with van der Waals surface area (Å²) >= 11 is 12.4. The second-order valence-corrected chi connectivity index (χ2v) is 8.69. The first-order valence-corrected chi connectivity index (χ1v) is 11.0. The summed E-state index contributed by atoms with van der Waals surface area (Å²) in [4.78, 5) is 10.4. The number of non-ortho nitro benzene ring substituents is 1. The number of nitro benzene ring substituents is 1. The molecule has 11 heteroatoms. The van der Waals surface area contributed by atoms with Gasteiger partial charge in [-0.15, -0.1) is 0 Å². The standard InChI is InChI=1S/C18H21Cl2N2O6P/c1-4-27-29(25,28-5-2)18(15-10-12(19)11-16(20)17(15)26-3)21-13-6-8-14(9-7-13)22(23)24/h6-11,18,21H,4-5H2,1-3H3/t18-/m1/s1. The Morgan fingerprint density at radius 2 is 1.72 bits per heavy atom. The summed E-state index contributed by atoms with van der Waals surface area (Å²) in [5, 5.41) is 14.5. The van der Waals surface area contributed by atoms with Crippen LogP contribution in [0.15, 0.2) is 36.4 Å². The van der Waals surface area contributed by atoms with E-state index >= 15 is 0 Å². The van der Waals surface area contributed by atoms with Crippen LogP contribution in [0.3, 0.4) is 0 Å². The van der Waals surface area contributed by atoms with Crippen LogP contribution in [0.5, 0.6) is 5.75 Å². The first-order chi connectivity index (χ1) is 13.8. The van der Waals surface area contributed by atoms with Gasteiger partial charge in [-0.1, -0.05) is 23.2 Å². The molecule has 0 aliphatic carbocycles. The number of nitro groups is 1. The van der Waals surface area contributed by atoms with Gasteiger partial charge in [-0.3, -0.25) is 14.7 Å². The van der Waals surface area contributed by atoms with Gasteiger partial charge in [0.25, 0.3) is 5.69 Å². The average Bonchev–Trinajstić information content (AvgIpc) is 2.66. The van der Waals surface area contributed by atoms with Gasteiger partial charge < -0.3 is 19.1 Å². The van der Waals surface area contributed by atoms with Gasteiger partial charge in [0.05, 0.1) is 30.3 Å². The van der Waals surface area contributed by atoms with E-state index in [4.69, 9.17) is 37.0 Å². The highest BCUT2D eigenvalue weighted by atomic mass is 35.5. The maximum absolute atomic E-state index is 13.6. The van der Waals surface area contributed by atoms with Crippen LogP contribution in [0, 0.1) is 10.1 Å². The van der Waals surface area contributed by atoms with Crippen molar-refractivity contribution in [2.75, 3.05) is 25.6 Å². The fraction of sp³-hybridized carbons (Fsp3) is 0.333. The molecule has 0 heterocycles. The first kappa shape index (κ1) is 23.4. The van der Waals surface area contributed by atoms with E-state index in [2.05, 4.69) is 5.32 Å². The Kier molecular flexibility index (Phi) is 8.31. The Bertz CT molecular complexity index is 900. The summed E-state index contributed by atoms with van der Waals surface area (Å²) in [5.74, 6) is -0.773. The molecule has 0 saturated heterocycles. The summed E-state index contributed by atoms with van der Waals surface area (Å²) < 4.78 is 30.1. The molecule has 0 amide bonds. The molecule has 1 N–H and O–H groups in total. The van der Waals surface area contributed by atoms with E-state index < -0.39 is 18.3 Å². The molecule has 2 aromatic rings. The predicted molar refractivity (Wildman–Crippen MR) is 113 cm³/mol. The number of anilines is 1. The third-order valence-electron chi connectivity index (χ3n) is 3.85. The van der Waals surface area contributed by atoms with Crippen LogP contribution < -0.4 is 10.1 Å². The fourth-order valence-electron chi connectivity index (χ4n) is 2.71. The summed E-state index contributed by atoms with van der Waals surface area (Å²) in [7, 11) is -2.35. The van der Waals surface area contributed by atoms with Gasteiger partial charge in [-0.2, -0.15) is 0 Å². The second-order valence-electron chi connectivity index (χ2n) is 5.74. The molecule has 29 heavy (non-hydrogen) atoms. The van der Waals surface area contributed by atoms with Gasteiger partial charge >= 0.3 is 7.60 Å². The lowest BCUT2D eigenvalue weighted by Crippen LogP contribution is -2.16. The smallest absolute Gasteiger partial charge is 0.357 e. The Morgan fingerprint density at radius 3 is 2.21 bits per heavy atom. The number of nitrogens with one attached hydrogen (secondary N) is 1. The van der Waals surface area contributed by atoms with Gasteiger partial charge in [0.15, 0.2) is 5.78 Å². The topological polar surface area (TPSA) is 99.9 Å². The van der Waals surface area contributed by atoms with E-state index in [1.165, 1.54) is 37.4 Å². The van der Waals surface area contributed by atoms with Gasteiger partial charge in [0.1, 0.15) is 5.75 Å². The Morgan fingerprint density at radius 1 is 1.14 bits per heavy atom. The first-order valence-electron chi connectivity index (χ1n) is 8.68. The summed E-state index contributed by atoms with van der Waals surface area (Å²) in [5.41, 5.74) is 0.750. The molecule has 0 aromatic heterocycles. The minimum Gasteiger partial charge on any atom is -0.495 e. The van der Waals surface area contributed by atoms with Crippen LogP contribution in [0.2, 0.25) is 10.0 Å². The SMILES string of the molecule is CCOP(=O)(OCC)[C@@H](Nc1ccc([N+](=O)[O-])cc1)c1cc(Cl)cc(Cl)c1OC. The van der Waals surface area contributed by atoms with Gasteiger partial charge in [-0.05, 0) is 38.1 Å². The molecule has 1 atom stereocenters. The zero-order chi connectivity index (χ0) is 21.6. The van der Waals surface area contributed by atoms with Crippen molar-refractivity contribution in [1.29, 1.82) is 0 Å². The Balaban J connectivity index is 2.60. The van der Waals surface area contributed by atoms with Crippen molar-refractivity contribution >= 4 is 42.2 Å². The van der Waals surface area contributed by atoms with E-state index in [-0.39, 0.29) is 29.7 Å². The molecule has 2 rings (SSSR count). The molecular weight excluding hydrogens is 442 g/mol. The lowest BCUT2D eigenvalue weighted by atomic mass is 10.2. The molecule has 0 fully saturated rings. The third-order valence-corrected chi connectivity index (χ3v) is 6.63. The van der Waals surface area contributed by atoms with Crippen LogP contribution in [0.1, 0.15) is 25.2 Å². The molecular formula is C18H21Cl2N2O6P. The Labute approximate surface area is 178 Å². The number of methoxy groups -OCH3 is 1. The maximum atomic E-state index is 13.6. The molecule has 0 radical (unpaired) electrons. The van der Waals surface area contributed by atoms with E-state index in [9.17, 15) is 14.7 Å². The van der Waals surface area contributed by atoms with Gasteiger partial charge in [0, 0.05) is 28.4 Å². The van der Waals surface area contributed by atoms with Crippen molar-refractivity contribution in [2.24, 2.45) is 0 Å². The van der Waals surface area contributed by atoms with Crippen molar-refractivity contribution in [2.45, 2.75) is 19.6 Å². The zero-order valence-corrected chi connectivity index (χ0v) is 18.5. The number of benzene rings is 2. The highest BCUT2D eigenvalue weighted by Gasteiger charge is 2.39. The molecule has 0 bridgehead atoms. The van der Waals surface area contributed by atoms with E-state index in [0.29, 0.717) is 16.3 Å². The third kappa shape index (κ3) is 5.62. The van der Waals surface area contributed by atoms with E-state index in [1.807, 2.05) is 0 Å². The highest BCUT2D eigenvalue weighted by molar-refractivity contribution is 7.54. The number of halogens is 2. The number of hydrogen-bond donors (Lipinski definition) is 1. The average molecular weight is 463 g/mol. The second kappa shape index (κ2) is 10.3. The van der Waals surface area contributed by atoms with Crippen molar-refractivity contribution in [3.8, 4) is 5.75 Å². The molecule has 0 spiro atoms. The zero-order valence-electron chi connectivity index (χ0n) is 16.1. The van der Waals surface area contributed by atoms with Crippen molar-refractivity contribution < 1.29 is 23.3 Å². The van der Waals surface area contributed by atoms with E-state index in [0.717, 1.165) is 0 Å². The molecule has 0 saturated carbocycles. The van der Waals surface area contributed by atoms with Crippen molar-refractivity contribution in [1.82, 2.24) is 0 Å². The van der Waals surface area contributed by atoms with Crippen molar-refractivity contribution in [3.05, 3.63) is 62.1 Å². The molecule has 8 nitrogen and oxygen atoms in total. The molecule has 0 aliphatic heterocycles. The minimum atomic E-state index is -3.77. The molecule has 2 aromatic carbocycles. The monoisotopic (exact) mass is 462 g/mol. The van der Waals surface area contributed by atoms with Crippen LogP contribution in [-0.4, -0.2) is 25.2 Å². The quantitative estimate of drug-likeness (QED) is 0.251. The number of rotatable bonds is 10. The van der Waals surface area contributed by atoms with Crippen molar-refractivity contribution in [3.63, 3.8) is 0 Å². The predicted octanol–water partition coefficient (Wildman–Crippen LogP) is 6.29. The van der Waals surface area contributed by atoms with Gasteiger partial charge in [0.2, 0.25) is 0 Å². The van der Waals surface area contributed by atoms with Crippen LogP contribution in [0.25, 0.3) is 0 Å². The van der Waals surface area contributed by atoms with Gasteiger partial charge in [-0.25, -0.2) is 0 Å². The lowest BCUT2D eigenvalue weighted by Gasteiger charge is -2.29.